The van der Waals surface area contributed by atoms with E-state index in [1.165, 1.54) is 12.3 Å². The lowest BCUT2D eigenvalue weighted by atomic mass is 10.2. The second-order valence-electron chi connectivity index (χ2n) is 4.86. The summed E-state index contributed by atoms with van der Waals surface area (Å²) in [5, 5.41) is 0. The third-order valence-corrected chi connectivity index (χ3v) is 5.89. The van der Waals surface area contributed by atoms with Gasteiger partial charge in [-0.15, -0.1) is 0 Å². The first-order valence-corrected chi connectivity index (χ1v) is 8.60. The van der Waals surface area contributed by atoms with Crippen LogP contribution in [0.5, 0.6) is 0 Å². The lowest BCUT2D eigenvalue weighted by Gasteiger charge is -2.27. The molecule has 0 radical (unpaired) electrons. The Balaban J connectivity index is 2.45. The second-order valence-corrected chi connectivity index (χ2v) is 7.16. The molecule has 0 bridgehead atoms. The summed E-state index contributed by atoms with van der Waals surface area (Å²) in [7, 11) is -3.61. The molecule has 0 spiro atoms. The Morgan fingerprint density at radius 2 is 2.15 bits per heavy atom. The van der Waals surface area contributed by atoms with Gasteiger partial charge in [0.15, 0.2) is 0 Å². The van der Waals surface area contributed by atoms with E-state index in [0.717, 1.165) is 25.7 Å². The molecule has 2 N–H and O–H groups in total. The van der Waals surface area contributed by atoms with Crippen LogP contribution in [0.4, 0.5) is 0 Å². The van der Waals surface area contributed by atoms with Crippen molar-refractivity contribution < 1.29 is 8.42 Å². The summed E-state index contributed by atoms with van der Waals surface area (Å²) >= 11 is 4.91. The van der Waals surface area contributed by atoms with E-state index in [9.17, 15) is 8.42 Å². The van der Waals surface area contributed by atoms with Gasteiger partial charge >= 0.3 is 0 Å². The van der Waals surface area contributed by atoms with Gasteiger partial charge in [0.05, 0.1) is 0 Å². The maximum atomic E-state index is 12.8. The standard InChI is InChI=1S/C13H19N3O2S2/c1-2-16(10-6-3-4-7-10)20(17,18)11-8-5-9-15-12(11)13(14)19/h5,8-10H,2-4,6-7H2,1H3,(H2,14,19). The molecule has 1 aliphatic rings. The fourth-order valence-electron chi connectivity index (χ4n) is 2.73. The highest BCUT2D eigenvalue weighted by molar-refractivity contribution is 7.89. The highest BCUT2D eigenvalue weighted by Crippen LogP contribution is 2.29. The Kier molecular flexibility index (Phi) is 4.72. The molecule has 7 heteroatoms. The zero-order valence-corrected chi connectivity index (χ0v) is 13.1. The minimum atomic E-state index is -3.61. The molecule has 1 fully saturated rings. The van der Waals surface area contributed by atoms with Crippen LogP contribution < -0.4 is 5.73 Å². The van der Waals surface area contributed by atoms with E-state index in [4.69, 9.17) is 18.0 Å². The predicted octanol–water partition coefficient (Wildman–Crippen LogP) is 1.67. The third-order valence-electron chi connectivity index (χ3n) is 3.63. The molecule has 0 saturated heterocycles. The van der Waals surface area contributed by atoms with Gasteiger partial charge in [-0.1, -0.05) is 32.0 Å². The van der Waals surface area contributed by atoms with E-state index in [0.29, 0.717) is 6.54 Å². The lowest BCUT2D eigenvalue weighted by molar-refractivity contribution is 0.335. The molecule has 0 unspecified atom stereocenters. The molecule has 2 rings (SSSR count). The van der Waals surface area contributed by atoms with E-state index >= 15 is 0 Å². The summed E-state index contributed by atoms with van der Waals surface area (Å²) in [6, 6.07) is 3.19. The van der Waals surface area contributed by atoms with Crippen molar-refractivity contribution in [1.82, 2.24) is 9.29 Å². The molecule has 1 aromatic rings. The number of thiocarbonyl (C=S) groups is 1. The van der Waals surface area contributed by atoms with Gasteiger partial charge < -0.3 is 5.73 Å². The van der Waals surface area contributed by atoms with E-state index < -0.39 is 10.0 Å². The molecule has 5 nitrogen and oxygen atoms in total. The van der Waals surface area contributed by atoms with Crippen molar-refractivity contribution in [1.29, 1.82) is 0 Å². The molecule has 1 aliphatic carbocycles. The van der Waals surface area contributed by atoms with Crippen molar-refractivity contribution in [3.63, 3.8) is 0 Å². The van der Waals surface area contributed by atoms with E-state index in [-0.39, 0.29) is 21.6 Å². The molecule has 0 aromatic carbocycles. The number of sulfonamides is 1. The highest BCUT2D eigenvalue weighted by Gasteiger charge is 2.33. The highest BCUT2D eigenvalue weighted by atomic mass is 32.2. The normalized spacial score (nSPS) is 16.7. The zero-order chi connectivity index (χ0) is 14.8. The molecule has 0 atom stereocenters. The van der Waals surface area contributed by atoms with E-state index in [1.807, 2.05) is 6.92 Å². The van der Waals surface area contributed by atoms with Crippen LogP contribution in [-0.2, 0) is 10.0 Å². The number of nitrogens with zero attached hydrogens (tertiary/aromatic N) is 2. The van der Waals surface area contributed by atoms with Crippen molar-refractivity contribution in [2.75, 3.05) is 6.54 Å². The molecular weight excluding hydrogens is 294 g/mol. The summed E-state index contributed by atoms with van der Waals surface area (Å²) in [5.41, 5.74) is 5.77. The maximum Gasteiger partial charge on any atom is 0.245 e. The van der Waals surface area contributed by atoms with Crippen LogP contribution in [0.1, 0.15) is 38.3 Å². The summed E-state index contributed by atoms with van der Waals surface area (Å²) in [5.74, 6) is 0. The monoisotopic (exact) mass is 313 g/mol. The second kappa shape index (κ2) is 6.15. The van der Waals surface area contributed by atoms with Crippen LogP contribution in [0, 0.1) is 0 Å². The Hall–Kier alpha value is -1.05. The SMILES string of the molecule is CCN(C1CCCC1)S(=O)(=O)c1cccnc1C(N)=S. The van der Waals surface area contributed by atoms with Crippen LogP contribution in [0.2, 0.25) is 0 Å². The Morgan fingerprint density at radius 1 is 1.50 bits per heavy atom. The molecule has 0 aliphatic heterocycles. The molecule has 20 heavy (non-hydrogen) atoms. The molecule has 1 saturated carbocycles. The summed E-state index contributed by atoms with van der Waals surface area (Å²) in [6.45, 7) is 2.30. The molecule has 1 heterocycles. The molecule has 110 valence electrons. The fourth-order valence-corrected chi connectivity index (χ4v) is 4.81. The van der Waals surface area contributed by atoms with Gasteiger partial charge in [0.2, 0.25) is 10.0 Å². The molecule has 1 aromatic heterocycles. The van der Waals surface area contributed by atoms with Crippen LogP contribution >= 0.6 is 12.2 Å². The fraction of sp³-hybridized carbons (Fsp3) is 0.538. The van der Waals surface area contributed by atoms with E-state index in [2.05, 4.69) is 4.98 Å². The Bertz CT molecular complexity index is 595. The van der Waals surface area contributed by atoms with Crippen LogP contribution in [0.15, 0.2) is 23.2 Å². The van der Waals surface area contributed by atoms with Crippen LogP contribution in [-0.4, -0.2) is 35.3 Å². The number of pyridine rings is 1. The smallest absolute Gasteiger partial charge is 0.245 e. The van der Waals surface area contributed by atoms with Crippen LogP contribution in [0.25, 0.3) is 0 Å². The first kappa shape index (κ1) is 15.3. The number of rotatable bonds is 5. The van der Waals surface area contributed by atoms with Gasteiger partial charge in [-0.25, -0.2) is 8.42 Å². The van der Waals surface area contributed by atoms with Gasteiger partial charge in [0.25, 0.3) is 0 Å². The third kappa shape index (κ3) is 2.84. The van der Waals surface area contributed by atoms with Gasteiger partial charge in [-0.05, 0) is 25.0 Å². The quantitative estimate of drug-likeness (QED) is 0.837. The zero-order valence-electron chi connectivity index (χ0n) is 11.4. The molecular formula is C13H19N3O2S2. The van der Waals surface area contributed by atoms with Crippen molar-refractivity contribution in [2.24, 2.45) is 5.73 Å². The minimum absolute atomic E-state index is 0.00616. The van der Waals surface area contributed by atoms with Gasteiger partial charge in [0, 0.05) is 18.8 Å². The predicted molar refractivity (Wildman–Crippen MR) is 81.9 cm³/mol. The summed E-state index contributed by atoms with van der Waals surface area (Å²) in [6.07, 6.45) is 5.47. The summed E-state index contributed by atoms with van der Waals surface area (Å²) < 4.78 is 27.2. The molecule has 0 amide bonds. The minimum Gasteiger partial charge on any atom is -0.388 e. The average Bonchev–Trinajstić information content (AvgIpc) is 2.93. The van der Waals surface area contributed by atoms with E-state index in [1.54, 1.807) is 10.4 Å². The topological polar surface area (TPSA) is 76.3 Å². The lowest BCUT2D eigenvalue weighted by Crippen LogP contribution is -2.39. The summed E-state index contributed by atoms with van der Waals surface area (Å²) in [4.78, 5) is 4.13. The number of nitrogens with two attached hydrogens (primary N) is 1. The average molecular weight is 313 g/mol. The number of aromatic nitrogens is 1. The number of hydrogen-bond donors (Lipinski definition) is 1. The Morgan fingerprint density at radius 3 is 2.70 bits per heavy atom. The largest absolute Gasteiger partial charge is 0.388 e. The first-order chi connectivity index (χ1) is 9.48. The van der Waals surface area contributed by atoms with Crippen molar-refractivity contribution in [3.05, 3.63) is 24.0 Å². The first-order valence-electron chi connectivity index (χ1n) is 6.75. The van der Waals surface area contributed by atoms with Crippen molar-refractivity contribution in [2.45, 2.75) is 43.5 Å². The van der Waals surface area contributed by atoms with Gasteiger partial charge in [-0.3, -0.25) is 4.98 Å². The van der Waals surface area contributed by atoms with Gasteiger partial charge in [0.1, 0.15) is 15.6 Å². The number of hydrogen-bond acceptors (Lipinski definition) is 4. The Labute approximate surface area is 125 Å². The van der Waals surface area contributed by atoms with Gasteiger partial charge in [-0.2, -0.15) is 4.31 Å². The van der Waals surface area contributed by atoms with Crippen LogP contribution in [0.3, 0.4) is 0 Å². The van der Waals surface area contributed by atoms with Crippen molar-refractivity contribution in [3.8, 4) is 0 Å². The maximum absolute atomic E-state index is 12.8. The van der Waals surface area contributed by atoms with Crippen molar-refractivity contribution >= 4 is 27.2 Å².